The normalized spacial score (nSPS) is 44.5. The molecule has 0 bridgehead atoms. The molecule has 13 atom stereocenters. The summed E-state index contributed by atoms with van der Waals surface area (Å²) in [4.78, 5) is 49.2. The summed E-state index contributed by atoms with van der Waals surface area (Å²) in [6.07, 6.45) is 7.25. The smallest absolute Gasteiger partial charge is 0.432 e. The number of hydrogen-bond acceptors (Lipinski definition) is 5. The summed E-state index contributed by atoms with van der Waals surface area (Å²) in [6, 6.07) is -0.482. The predicted octanol–water partition coefficient (Wildman–Crippen LogP) is 10.4. The first kappa shape index (κ1) is 40.9. The van der Waals surface area contributed by atoms with E-state index in [0.717, 1.165) is 82.4 Å². The van der Waals surface area contributed by atoms with Crippen LogP contribution in [0.25, 0.3) is 0 Å². The van der Waals surface area contributed by atoms with E-state index in [4.69, 9.17) is 4.74 Å². The maximum absolute atomic E-state index is 15.2. The third kappa shape index (κ3) is 5.63. The number of nitrogens with zero attached hydrogens (tertiary/aromatic N) is 2. The monoisotopic (exact) mass is 797 g/mol. The Balaban J connectivity index is 1.05. The maximum Gasteiger partial charge on any atom is 0.432 e. The summed E-state index contributed by atoms with van der Waals surface area (Å²) < 4.78 is 47.2. The van der Waals surface area contributed by atoms with Crippen molar-refractivity contribution in [3.8, 4) is 0 Å². The van der Waals surface area contributed by atoms with E-state index in [0.29, 0.717) is 37.1 Å². The molecule has 0 radical (unpaired) electrons. The van der Waals surface area contributed by atoms with Crippen molar-refractivity contribution in [1.82, 2.24) is 14.9 Å². The first-order chi connectivity index (χ1) is 26.4. The standard InChI is InChI=1S/C46H66F3N3O5/c1-25(2)26-14-19-45(39(56)52-22-10-11-30(52)36-50-24-33(51-36)46(47,48)49)21-20-43(8)27(35(26)45)12-13-32-42(7)17-16-34(41(5,6)31(42)15-18-44(32,43)9)57-38(55)29-23-28(37(53)54)40(29,3)4/h24,26-32,34-35H,1,10-23H2,2-9H3,(H,50,51)(H,53,54)/t26-,27+,28-,29+,30-,31-,32+,34-,35+,42-,43+,44+,45-/m0/s1. The highest BCUT2D eigenvalue weighted by molar-refractivity contribution is 5.85. The number of carboxylic acid groups (broad SMARTS) is 1. The molecule has 1 aliphatic heterocycles. The Morgan fingerprint density at radius 2 is 1.60 bits per heavy atom. The Morgan fingerprint density at radius 1 is 0.877 bits per heavy atom. The summed E-state index contributed by atoms with van der Waals surface area (Å²) in [6.45, 7) is 23.1. The molecule has 8 rings (SSSR count). The number of carbonyl (C=O) groups excluding carboxylic acids is 2. The largest absolute Gasteiger partial charge is 0.481 e. The lowest BCUT2D eigenvalue weighted by Crippen LogP contribution is -2.67. The Morgan fingerprint density at radius 3 is 2.23 bits per heavy atom. The van der Waals surface area contributed by atoms with Crippen LogP contribution < -0.4 is 0 Å². The molecule has 0 unspecified atom stereocenters. The number of amides is 1. The summed E-state index contributed by atoms with van der Waals surface area (Å²) in [5.41, 5.74) is -1.09. The third-order valence-electron chi connectivity index (χ3n) is 19.3. The first-order valence-corrected chi connectivity index (χ1v) is 22.0. The topological polar surface area (TPSA) is 113 Å². The van der Waals surface area contributed by atoms with E-state index < -0.39 is 46.5 Å². The van der Waals surface area contributed by atoms with Crippen LogP contribution in [0.2, 0.25) is 0 Å². The van der Waals surface area contributed by atoms with Gasteiger partial charge in [0.05, 0.1) is 29.5 Å². The van der Waals surface area contributed by atoms with Crippen LogP contribution in [-0.2, 0) is 25.3 Å². The molecule has 11 heteroatoms. The van der Waals surface area contributed by atoms with Gasteiger partial charge in [-0.3, -0.25) is 14.4 Å². The van der Waals surface area contributed by atoms with Crippen molar-refractivity contribution in [1.29, 1.82) is 0 Å². The molecular weight excluding hydrogens is 732 g/mol. The molecule has 1 aromatic heterocycles. The number of likely N-dealkylation sites (tertiary alicyclic amines) is 1. The third-order valence-corrected chi connectivity index (χ3v) is 19.3. The number of aromatic amines is 1. The number of aliphatic carboxylic acids is 1. The fraction of sp³-hybridized carbons (Fsp3) is 0.826. The van der Waals surface area contributed by atoms with E-state index in [1.54, 1.807) is 0 Å². The number of carbonyl (C=O) groups is 3. The average Bonchev–Trinajstić information content (AvgIpc) is 3.88. The van der Waals surface area contributed by atoms with Gasteiger partial charge in [0.1, 0.15) is 17.6 Å². The summed E-state index contributed by atoms with van der Waals surface area (Å²) in [5, 5.41) is 9.67. The average molecular weight is 798 g/mol. The molecule has 1 saturated heterocycles. The molecule has 7 fully saturated rings. The molecule has 6 saturated carbocycles. The van der Waals surface area contributed by atoms with E-state index in [-0.39, 0.29) is 57.3 Å². The second-order valence-electron chi connectivity index (χ2n) is 22.0. The van der Waals surface area contributed by atoms with Gasteiger partial charge in [0, 0.05) is 12.0 Å². The Labute approximate surface area is 336 Å². The van der Waals surface area contributed by atoms with Crippen molar-refractivity contribution in [3.63, 3.8) is 0 Å². The van der Waals surface area contributed by atoms with Crippen molar-refractivity contribution in [2.24, 2.45) is 73.9 Å². The van der Waals surface area contributed by atoms with Crippen molar-refractivity contribution < 1.29 is 37.4 Å². The molecule has 0 spiro atoms. The van der Waals surface area contributed by atoms with Gasteiger partial charge in [-0.15, -0.1) is 0 Å². The lowest BCUT2D eigenvalue weighted by molar-refractivity contribution is -0.251. The van der Waals surface area contributed by atoms with Gasteiger partial charge in [-0.1, -0.05) is 60.6 Å². The number of imidazole rings is 1. The fourth-order valence-corrected chi connectivity index (χ4v) is 15.9. The van der Waals surface area contributed by atoms with Gasteiger partial charge < -0.3 is 19.7 Å². The number of ether oxygens (including phenoxy) is 1. The summed E-state index contributed by atoms with van der Waals surface area (Å²) in [5.74, 6) is -0.146. The molecule has 8 nitrogen and oxygen atoms in total. The van der Waals surface area contributed by atoms with Crippen LogP contribution in [0.5, 0.6) is 0 Å². The zero-order chi connectivity index (χ0) is 41.5. The number of allylic oxidation sites excluding steroid dienone is 1. The zero-order valence-electron chi connectivity index (χ0n) is 35.5. The van der Waals surface area contributed by atoms with Gasteiger partial charge in [-0.2, -0.15) is 13.2 Å². The fourth-order valence-electron chi connectivity index (χ4n) is 15.9. The van der Waals surface area contributed by atoms with Crippen LogP contribution >= 0.6 is 0 Å². The van der Waals surface area contributed by atoms with Crippen LogP contribution in [0.3, 0.4) is 0 Å². The lowest BCUT2D eigenvalue weighted by atomic mass is 9.32. The first-order valence-electron chi connectivity index (χ1n) is 22.0. The zero-order valence-corrected chi connectivity index (χ0v) is 35.5. The second-order valence-corrected chi connectivity index (χ2v) is 22.0. The highest BCUT2D eigenvalue weighted by atomic mass is 19.4. The van der Waals surface area contributed by atoms with Crippen molar-refractivity contribution in [2.45, 2.75) is 157 Å². The van der Waals surface area contributed by atoms with Crippen LogP contribution in [0.15, 0.2) is 18.3 Å². The number of H-pyrrole nitrogens is 1. The summed E-state index contributed by atoms with van der Waals surface area (Å²) in [7, 11) is 0. The molecular formula is C46H66F3N3O5. The molecule has 6 aliphatic carbocycles. The van der Waals surface area contributed by atoms with Gasteiger partial charge in [0.2, 0.25) is 5.91 Å². The van der Waals surface area contributed by atoms with Crippen LogP contribution in [0.1, 0.15) is 156 Å². The minimum absolute atomic E-state index is 0.00659. The van der Waals surface area contributed by atoms with Crippen molar-refractivity contribution >= 4 is 17.8 Å². The molecule has 2 N–H and O–H groups in total. The van der Waals surface area contributed by atoms with Crippen LogP contribution in [0, 0.1) is 73.9 Å². The number of hydrogen-bond donors (Lipinski definition) is 2. The Bertz CT molecular complexity index is 1840. The van der Waals surface area contributed by atoms with Gasteiger partial charge in [0.25, 0.3) is 0 Å². The quantitative estimate of drug-likeness (QED) is 0.219. The second kappa shape index (κ2) is 13.1. The maximum atomic E-state index is 15.2. The van der Waals surface area contributed by atoms with Gasteiger partial charge in [-0.05, 0) is 142 Å². The number of nitrogens with one attached hydrogen (secondary N) is 1. The number of aromatic nitrogens is 2. The van der Waals surface area contributed by atoms with Gasteiger partial charge in [0.15, 0.2) is 0 Å². The van der Waals surface area contributed by atoms with Gasteiger partial charge >= 0.3 is 18.1 Å². The molecule has 316 valence electrons. The van der Waals surface area contributed by atoms with E-state index in [9.17, 15) is 27.9 Å². The SMILES string of the molecule is C=C(C)[C@@H]1CC[C@]2(C(=O)N3CCC[C@H]3c3ncc(C(F)(F)F)[nH]3)CC[C@]3(C)[C@H](CC[C@@H]4[C@@]5(C)CC[C@H](OC(=O)[C@H]6C[C@@H](C(=O)O)C6(C)C)C(C)(C)[C@@H]5CC[C@]43C)[C@@H]12. The van der Waals surface area contributed by atoms with Crippen molar-refractivity contribution in [3.05, 3.63) is 29.9 Å². The van der Waals surface area contributed by atoms with Crippen LogP contribution in [0.4, 0.5) is 13.2 Å². The number of halogens is 3. The van der Waals surface area contributed by atoms with E-state index in [2.05, 4.69) is 58.1 Å². The highest BCUT2D eigenvalue weighted by Gasteiger charge is 2.72. The molecule has 1 amide bonds. The number of alkyl halides is 3. The minimum atomic E-state index is -4.52. The highest BCUT2D eigenvalue weighted by Crippen LogP contribution is 2.78. The van der Waals surface area contributed by atoms with E-state index in [1.165, 1.54) is 0 Å². The number of fused-ring (bicyclic) bond motifs is 7. The van der Waals surface area contributed by atoms with E-state index >= 15 is 4.79 Å². The molecule has 57 heavy (non-hydrogen) atoms. The Kier molecular flexibility index (Phi) is 9.38. The lowest BCUT2D eigenvalue weighted by Gasteiger charge is -2.73. The molecule has 7 aliphatic rings. The molecule has 0 aromatic carbocycles. The number of esters is 1. The van der Waals surface area contributed by atoms with Crippen LogP contribution in [-0.4, -0.2) is 50.5 Å². The number of carboxylic acids is 1. The molecule has 1 aromatic rings. The van der Waals surface area contributed by atoms with E-state index in [1.807, 2.05) is 18.7 Å². The minimum Gasteiger partial charge on any atom is -0.481 e. The van der Waals surface area contributed by atoms with Gasteiger partial charge in [-0.25, -0.2) is 4.98 Å². The summed E-state index contributed by atoms with van der Waals surface area (Å²) >= 11 is 0. The number of rotatable bonds is 6. The predicted molar refractivity (Wildman–Crippen MR) is 209 cm³/mol. The molecule has 2 heterocycles. The van der Waals surface area contributed by atoms with Crippen molar-refractivity contribution in [2.75, 3.05) is 6.54 Å². The Hall–Kier alpha value is -2.85.